The van der Waals surface area contributed by atoms with Crippen LogP contribution in [-0.4, -0.2) is 36.8 Å². The van der Waals surface area contributed by atoms with Gasteiger partial charge in [0.15, 0.2) is 9.84 Å². The lowest BCUT2D eigenvalue weighted by Crippen LogP contribution is -2.40. The lowest BCUT2D eigenvalue weighted by atomic mass is 10.2. The molecular weight excluding hydrogens is 418 g/mol. The molecule has 146 valence electrons. The molecule has 3 aromatic rings. The minimum atomic E-state index is -3.11. The zero-order chi connectivity index (χ0) is 19.7. The van der Waals surface area contributed by atoms with E-state index in [9.17, 15) is 13.2 Å². The van der Waals surface area contributed by atoms with Crippen molar-refractivity contribution in [1.82, 2.24) is 4.90 Å². The van der Waals surface area contributed by atoms with Crippen LogP contribution in [0.4, 0.5) is 0 Å². The molecule has 1 atom stereocenters. The van der Waals surface area contributed by atoms with Crippen molar-refractivity contribution >= 4 is 38.7 Å². The predicted molar refractivity (Wildman–Crippen MR) is 110 cm³/mol. The molecule has 0 bridgehead atoms. The number of sulfone groups is 1. The number of hydrogen-bond acceptors (Lipinski definition) is 5. The molecule has 1 aliphatic heterocycles. The van der Waals surface area contributed by atoms with Crippen LogP contribution in [0.1, 0.15) is 21.9 Å². The van der Waals surface area contributed by atoms with Gasteiger partial charge in [-0.25, -0.2) is 8.42 Å². The van der Waals surface area contributed by atoms with Crippen LogP contribution in [-0.2, 0) is 16.4 Å². The molecule has 1 aliphatic rings. The molecule has 8 heteroatoms. The van der Waals surface area contributed by atoms with Crippen molar-refractivity contribution in [3.05, 3.63) is 69.6 Å². The van der Waals surface area contributed by atoms with E-state index in [1.807, 2.05) is 35.7 Å². The van der Waals surface area contributed by atoms with Gasteiger partial charge in [0.2, 0.25) is 0 Å². The van der Waals surface area contributed by atoms with Crippen LogP contribution >= 0.6 is 22.9 Å². The first-order chi connectivity index (χ1) is 13.4. The Kier molecular flexibility index (Phi) is 5.31. The molecular formula is C20H18ClNO4S2. The van der Waals surface area contributed by atoms with Gasteiger partial charge in [0.05, 0.1) is 22.9 Å². The average molecular weight is 436 g/mol. The first-order valence-electron chi connectivity index (χ1n) is 8.81. The van der Waals surface area contributed by atoms with E-state index in [4.69, 9.17) is 16.0 Å². The second-order valence-electron chi connectivity index (χ2n) is 6.74. The number of halogens is 1. The molecule has 0 unspecified atom stereocenters. The molecule has 0 saturated carbocycles. The Morgan fingerprint density at radius 2 is 1.96 bits per heavy atom. The van der Waals surface area contributed by atoms with Crippen LogP contribution in [0.3, 0.4) is 0 Å². The maximum Gasteiger partial charge on any atom is 0.264 e. The Balaban J connectivity index is 1.59. The second kappa shape index (κ2) is 7.73. The van der Waals surface area contributed by atoms with Crippen LogP contribution in [0.5, 0.6) is 0 Å². The van der Waals surface area contributed by atoms with E-state index < -0.39 is 9.84 Å². The summed E-state index contributed by atoms with van der Waals surface area (Å²) >= 11 is 7.28. The fourth-order valence-corrected chi connectivity index (χ4v) is 5.87. The number of amides is 1. The zero-order valence-electron chi connectivity index (χ0n) is 14.9. The molecule has 0 aliphatic carbocycles. The summed E-state index contributed by atoms with van der Waals surface area (Å²) in [6.45, 7) is 0.227. The van der Waals surface area contributed by atoms with Crippen LogP contribution in [0.15, 0.2) is 58.3 Å². The molecule has 0 N–H and O–H groups in total. The topological polar surface area (TPSA) is 67.6 Å². The minimum absolute atomic E-state index is 0.00509. The van der Waals surface area contributed by atoms with Crippen LogP contribution in [0.25, 0.3) is 11.3 Å². The monoisotopic (exact) mass is 435 g/mol. The van der Waals surface area contributed by atoms with Gasteiger partial charge in [0, 0.05) is 16.6 Å². The molecule has 1 amide bonds. The fraction of sp³-hybridized carbons (Fsp3) is 0.250. The summed E-state index contributed by atoms with van der Waals surface area (Å²) in [6, 6.07) is 14.2. The third-order valence-corrected chi connectivity index (χ3v) is 7.62. The van der Waals surface area contributed by atoms with Crippen LogP contribution in [0, 0.1) is 0 Å². The predicted octanol–water partition coefficient (Wildman–Crippen LogP) is 4.49. The number of carbonyl (C=O) groups excluding carboxylic acids is 1. The van der Waals surface area contributed by atoms with E-state index in [1.165, 1.54) is 11.3 Å². The highest BCUT2D eigenvalue weighted by molar-refractivity contribution is 7.91. The van der Waals surface area contributed by atoms with Crippen LogP contribution < -0.4 is 0 Å². The lowest BCUT2D eigenvalue weighted by molar-refractivity contribution is 0.0671. The Labute approximate surface area is 172 Å². The van der Waals surface area contributed by atoms with Crippen molar-refractivity contribution in [2.45, 2.75) is 19.0 Å². The van der Waals surface area contributed by atoms with Crippen molar-refractivity contribution in [1.29, 1.82) is 0 Å². The molecule has 0 spiro atoms. The maximum absolute atomic E-state index is 13.0. The largest absolute Gasteiger partial charge is 0.459 e. The minimum Gasteiger partial charge on any atom is -0.459 e. The molecule has 1 aromatic carbocycles. The third kappa shape index (κ3) is 4.16. The van der Waals surface area contributed by atoms with E-state index >= 15 is 0 Å². The van der Waals surface area contributed by atoms with E-state index in [0.29, 0.717) is 27.8 Å². The standard InChI is InChI=1S/C20H18ClNO4S2/c21-15-5-3-14(4-6-15)18-8-7-17(26-18)12-22(16-9-11-28(24,25)13-16)20(23)19-2-1-10-27-19/h1-8,10,16H,9,11-13H2/t16-/m0/s1. The Morgan fingerprint density at radius 1 is 1.18 bits per heavy atom. The highest BCUT2D eigenvalue weighted by Gasteiger charge is 2.35. The van der Waals surface area contributed by atoms with Gasteiger partial charge >= 0.3 is 0 Å². The van der Waals surface area contributed by atoms with Gasteiger partial charge < -0.3 is 9.32 Å². The third-order valence-electron chi connectivity index (χ3n) is 4.76. The summed E-state index contributed by atoms with van der Waals surface area (Å²) in [7, 11) is -3.11. The van der Waals surface area contributed by atoms with E-state index in [1.54, 1.807) is 23.1 Å². The van der Waals surface area contributed by atoms with Gasteiger partial charge in [-0.3, -0.25) is 4.79 Å². The van der Waals surface area contributed by atoms with Gasteiger partial charge in [-0.2, -0.15) is 0 Å². The van der Waals surface area contributed by atoms with Gasteiger partial charge in [-0.15, -0.1) is 11.3 Å². The fourth-order valence-electron chi connectivity index (χ4n) is 3.33. The molecule has 4 rings (SSSR count). The van der Waals surface area contributed by atoms with E-state index in [0.717, 1.165) is 5.56 Å². The number of furan rings is 1. The lowest BCUT2D eigenvalue weighted by Gasteiger charge is -2.27. The van der Waals surface area contributed by atoms with Gasteiger partial charge in [-0.05, 0) is 54.3 Å². The molecule has 1 saturated heterocycles. The zero-order valence-corrected chi connectivity index (χ0v) is 17.3. The van der Waals surface area contributed by atoms with Crippen molar-refractivity contribution in [3.8, 4) is 11.3 Å². The molecule has 2 aromatic heterocycles. The first-order valence-corrected chi connectivity index (χ1v) is 11.9. The average Bonchev–Trinajstić information content (AvgIpc) is 3.41. The van der Waals surface area contributed by atoms with Crippen molar-refractivity contribution in [2.75, 3.05) is 11.5 Å². The second-order valence-corrected chi connectivity index (χ2v) is 10.4. The van der Waals surface area contributed by atoms with Gasteiger partial charge in [-0.1, -0.05) is 17.7 Å². The maximum atomic E-state index is 13.0. The van der Waals surface area contributed by atoms with Gasteiger partial charge in [0.1, 0.15) is 11.5 Å². The first kappa shape index (κ1) is 19.2. The summed E-state index contributed by atoms with van der Waals surface area (Å²) < 4.78 is 29.8. The summed E-state index contributed by atoms with van der Waals surface area (Å²) in [4.78, 5) is 15.2. The summed E-state index contributed by atoms with van der Waals surface area (Å²) in [6.07, 6.45) is 0.449. The number of carbonyl (C=O) groups is 1. The normalized spacial score (nSPS) is 18.2. The number of nitrogens with zero attached hydrogens (tertiary/aromatic N) is 1. The highest BCUT2D eigenvalue weighted by atomic mass is 35.5. The summed E-state index contributed by atoms with van der Waals surface area (Å²) in [5, 5.41) is 2.48. The summed E-state index contributed by atoms with van der Waals surface area (Å²) in [5.41, 5.74) is 0.884. The number of rotatable bonds is 5. The van der Waals surface area contributed by atoms with Crippen molar-refractivity contribution in [2.24, 2.45) is 0 Å². The Bertz CT molecular complexity index is 1070. The van der Waals surface area contributed by atoms with Crippen molar-refractivity contribution < 1.29 is 17.6 Å². The van der Waals surface area contributed by atoms with Crippen LogP contribution in [0.2, 0.25) is 5.02 Å². The SMILES string of the molecule is O=C(c1cccs1)N(Cc1ccc(-c2ccc(Cl)cc2)o1)[C@H]1CCS(=O)(=O)C1. The number of hydrogen-bond donors (Lipinski definition) is 0. The molecule has 28 heavy (non-hydrogen) atoms. The van der Waals surface area contributed by atoms with E-state index in [2.05, 4.69) is 0 Å². The smallest absolute Gasteiger partial charge is 0.264 e. The molecule has 0 radical (unpaired) electrons. The molecule has 1 fully saturated rings. The van der Waals surface area contributed by atoms with Crippen molar-refractivity contribution in [3.63, 3.8) is 0 Å². The Hall–Kier alpha value is -2.09. The number of thiophene rings is 1. The Morgan fingerprint density at radius 3 is 2.61 bits per heavy atom. The van der Waals surface area contributed by atoms with Gasteiger partial charge in [0.25, 0.3) is 5.91 Å². The quantitative estimate of drug-likeness (QED) is 0.592. The molecule has 5 nitrogen and oxygen atoms in total. The molecule has 3 heterocycles. The summed E-state index contributed by atoms with van der Waals surface area (Å²) in [5.74, 6) is 1.23. The van der Waals surface area contributed by atoms with E-state index in [-0.39, 0.29) is 30.0 Å². The number of benzene rings is 1. The highest BCUT2D eigenvalue weighted by Crippen LogP contribution is 2.27.